The van der Waals surface area contributed by atoms with E-state index in [0.717, 1.165) is 25.2 Å². The summed E-state index contributed by atoms with van der Waals surface area (Å²) in [6.45, 7) is 4.98. The molecule has 6 heteroatoms. The Morgan fingerprint density at radius 3 is 2.45 bits per heavy atom. The summed E-state index contributed by atoms with van der Waals surface area (Å²) in [4.78, 5) is 15.1. The number of benzene rings is 1. The average Bonchev–Trinajstić information content (AvgIpc) is 2.42. The molecule has 1 amide bonds. The van der Waals surface area contributed by atoms with Gasteiger partial charge in [-0.1, -0.05) is 6.07 Å². The third kappa shape index (κ3) is 3.52. The van der Waals surface area contributed by atoms with Gasteiger partial charge in [0, 0.05) is 45.7 Å². The summed E-state index contributed by atoms with van der Waals surface area (Å²) >= 11 is 0. The molecule has 1 aromatic rings. The molecular weight excluding hydrogens is 264 g/mol. The van der Waals surface area contributed by atoms with Gasteiger partial charge in [0.2, 0.25) is 5.91 Å². The maximum Gasteiger partial charge on any atom is 0.219 e. The van der Waals surface area contributed by atoms with E-state index in [1.165, 1.54) is 6.07 Å². The van der Waals surface area contributed by atoms with E-state index in [1.54, 1.807) is 11.8 Å². The highest BCUT2D eigenvalue weighted by atomic mass is 19.2. The molecule has 1 heterocycles. The van der Waals surface area contributed by atoms with E-state index in [-0.39, 0.29) is 11.9 Å². The van der Waals surface area contributed by atoms with Crippen molar-refractivity contribution < 1.29 is 13.6 Å². The number of hydrogen-bond donors (Lipinski definition) is 1. The van der Waals surface area contributed by atoms with Gasteiger partial charge in [-0.2, -0.15) is 0 Å². The Hall–Kier alpha value is -1.53. The number of carbonyl (C=O) groups excluding carboxylic acids is 1. The third-order valence-corrected chi connectivity index (χ3v) is 3.64. The quantitative estimate of drug-likeness (QED) is 0.904. The molecule has 0 radical (unpaired) electrons. The molecule has 1 aromatic carbocycles. The predicted octanol–water partition coefficient (Wildman–Crippen LogP) is 1.13. The molecule has 0 spiro atoms. The average molecular weight is 283 g/mol. The summed E-state index contributed by atoms with van der Waals surface area (Å²) < 4.78 is 26.0. The minimum absolute atomic E-state index is 0.0783. The summed E-state index contributed by atoms with van der Waals surface area (Å²) in [6, 6.07) is 3.38. The monoisotopic (exact) mass is 283 g/mol. The van der Waals surface area contributed by atoms with Crippen LogP contribution in [0, 0.1) is 11.6 Å². The lowest BCUT2D eigenvalue weighted by Gasteiger charge is -2.35. The molecular formula is C14H19F2N3O. The molecule has 1 fully saturated rings. The van der Waals surface area contributed by atoms with Crippen LogP contribution in [-0.4, -0.2) is 48.4 Å². The maximum atomic E-state index is 13.2. The number of nitrogens with two attached hydrogens (primary N) is 1. The van der Waals surface area contributed by atoms with Gasteiger partial charge >= 0.3 is 0 Å². The molecule has 1 aliphatic heterocycles. The summed E-state index contributed by atoms with van der Waals surface area (Å²) in [5.74, 6) is -1.66. The van der Waals surface area contributed by atoms with Crippen LogP contribution < -0.4 is 5.73 Å². The molecule has 0 bridgehead atoms. The Kier molecular flexibility index (Phi) is 4.67. The Morgan fingerprint density at radius 1 is 1.25 bits per heavy atom. The van der Waals surface area contributed by atoms with Crippen molar-refractivity contribution in [1.82, 2.24) is 9.80 Å². The van der Waals surface area contributed by atoms with E-state index in [2.05, 4.69) is 4.90 Å². The lowest BCUT2D eigenvalue weighted by molar-refractivity contribution is -0.130. The fraction of sp³-hybridized carbons (Fsp3) is 0.500. The third-order valence-electron chi connectivity index (χ3n) is 3.64. The maximum absolute atomic E-state index is 13.2. The number of rotatable bonds is 3. The zero-order chi connectivity index (χ0) is 14.7. The molecule has 1 aliphatic rings. The summed E-state index contributed by atoms with van der Waals surface area (Å²) in [5.41, 5.74) is 6.61. The molecule has 0 aromatic heterocycles. The first-order valence-corrected chi connectivity index (χ1v) is 6.66. The van der Waals surface area contributed by atoms with Gasteiger partial charge in [0.25, 0.3) is 0 Å². The zero-order valence-electron chi connectivity index (χ0n) is 11.5. The summed E-state index contributed by atoms with van der Waals surface area (Å²) in [7, 11) is 0. The van der Waals surface area contributed by atoms with Gasteiger partial charge in [-0.15, -0.1) is 0 Å². The normalized spacial score (nSPS) is 18.1. The summed E-state index contributed by atoms with van der Waals surface area (Å²) in [5, 5.41) is 0. The van der Waals surface area contributed by atoms with Gasteiger partial charge in [-0.05, 0) is 17.7 Å². The smallest absolute Gasteiger partial charge is 0.219 e. The lowest BCUT2D eigenvalue weighted by Crippen LogP contribution is -2.49. The number of amides is 1. The van der Waals surface area contributed by atoms with Gasteiger partial charge in [-0.25, -0.2) is 8.78 Å². The van der Waals surface area contributed by atoms with Crippen LogP contribution in [0.5, 0.6) is 0 Å². The lowest BCUT2D eigenvalue weighted by atomic mass is 10.1. The van der Waals surface area contributed by atoms with Crippen molar-refractivity contribution >= 4 is 5.91 Å². The van der Waals surface area contributed by atoms with Crippen molar-refractivity contribution in [2.75, 3.05) is 32.7 Å². The van der Waals surface area contributed by atoms with Crippen molar-refractivity contribution in [3.05, 3.63) is 35.4 Å². The minimum Gasteiger partial charge on any atom is -0.340 e. The SMILES string of the molecule is CC(=O)N1CCN(CC(N)c2ccc(F)c(F)c2)CC1. The predicted molar refractivity (Wildman–Crippen MR) is 72.0 cm³/mol. The number of carbonyl (C=O) groups is 1. The van der Waals surface area contributed by atoms with Crippen LogP contribution in [0.1, 0.15) is 18.5 Å². The fourth-order valence-electron chi connectivity index (χ4n) is 2.37. The van der Waals surface area contributed by atoms with Crippen LogP contribution in [0.3, 0.4) is 0 Å². The van der Waals surface area contributed by atoms with Crippen molar-refractivity contribution in [2.24, 2.45) is 5.73 Å². The van der Waals surface area contributed by atoms with E-state index in [4.69, 9.17) is 5.73 Å². The van der Waals surface area contributed by atoms with Gasteiger partial charge in [-0.3, -0.25) is 9.69 Å². The second kappa shape index (κ2) is 6.28. The molecule has 0 saturated carbocycles. The highest BCUT2D eigenvalue weighted by molar-refractivity contribution is 5.73. The van der Waals surface area contributed by atoms with Crippen LogP contribution in [-0.2, 0) is 4.79 Å². The van der Waals surface area contributed by atoms with Gasteiger partial charge < -0.3 is 10.6 Å². The van der Waals surface area contributed by atoms with Gasteiger partial charge in [0.1, 0.15) is 0 Å². The number of halogens is 2. The molecule has 0 aliphatic carbocycles. The summed E-state index contributed by atoms with van der Waals surface area (Å²) in [6.07, 6.45) is 0. The van der Waals surface area contributed by atoms with Crippen LogP contribution in [0.2, 0.25) is 0 Å². The van der Waals surface area contributed by atoms with Crippen molar-refractivity contribution in [1.29, 1.82) is 0 Å². The van der Waals surface area contributed by atoms with Crippen LogP contribution in [0.15, 0.2) is 18.2 Å². The van der Waals surface area contributed by atoms with Crippen molar-refractivity contribution in [3.8, 4) is 0 Å². The second-order valence-electron chi connectivity index (χ2n) is 5.09. The van der Waals surface area contributed by atoms with Gasteiger partial charge in [0.05, 0.1) is 0 Å². The fourth-order valence-corrected chi connectivity index (χ4v) is 2.37. The highest BCUT2D eigenvalue weighted by Crippen LogP contribution is 2.16. The van der Waals surface area contributed by atoms with Crippen LogP contribution >= 0.6 is 0 Å². The zero-order valence-corrected chi connectivity index (χ0v) is 11.5. The Bertz CT molecular complexity index is 487. The largest absolute Gasteiger partial charge is 0.340 e. The van der Waals surface area contributed by atoms with Crippen LogP contribution in [0.4, 0.5) is 8.78 Å². The molecule has 2 rings (SSSR count). The van der Waals surface area contributed by atoms with Crippen molar-refractivity contribution in [2.45, 2.75) is 13.0 Å². The molecule has 1 atom stereocenters. The first kappa shape index (κ1) is 14.9. The van der Waals surface area contributed by atoms with E-state index < -0.39 is 11.6 Å². The molecule has 20 heavy (non-hydrogen) atoms. The van der Waals surface area contributed by atoms with Crippen molar-refractivity contribution in [3.63, 3.8) is 0 Å². The Labute approximate surface area is 117 Å². The van der Waals surface area contributed by atoms with Gasteiger partial charge in [0.15, 0.2) is 11.6 Å². The second-order valence-corrected chi connectivity index (χ2v) is 5.09. The highest BCUT2D eigenvalue weighted by Gasteiger charge is 2.20. The van der Waals surface area contributed by atoms with E-state index in [9.17, 15) is 13.6 Å². The Morgan fingerprint density at radius 2 is 1.90 bits per heavy atom. The van der Waals surface area contributed by atoms with Crippen LogP contribution in [0.25, 0.3) is 0 Å². The topological polar surface area (TPSA) is 49.6 Å². The number of piperazine rings is 1. The Balaban J connectivity index is 1.90. The van der Waals surface area contributed by atoms with E-state index >= 15 is 0 Å². The molecule has 1 unspecified atom stereocenters. The standard InChI is InChI=1S/C14H19F2N3O/c1-10(20)19-6-4-18(5-7-19)9-14(17)11-2-3-12(15)13(16)8-11/h2-3,8,14H,4-7,9,17H2,1H3. The molecule has 110 valence electrons. The first-order chi connectivity index (χ1) is 9.47. The molecule has 4 nitrogen and oxygen atoms in total. The minimum atomic E-state index is -0.876. The number of hydrogen-bond acceptors (Lipinski definition) is 3. The molecule has 2 N–H and O–H groups in total. The molecule has 1 saturated heterocycles. The van der Waals surface area contributed by atoms with E-state index in [1.807, 2.05) is 0 Å². The van der Waals surface area contributed by atoms with E-state index in [0.29, 0.717) is 25.2 Å². The first-order valence-electron chi connectivity index (χ1n) is 6.66. The number of nitrogens with zero attached hydrogens (tertiary/aromatic N) is 2.